The molecule has 1 aliphatic rings. The van der Waals surface area contributed by atoms with E-state index in [-0.39, 0.29) is 17.9 Å². The first kappa shape index (κ1) is 16.6. The van der Waals surface area contributed by atoms with Crippen LogP contribution >= 0.6 is 0 Å². The molecule has 22 heavy (non-hydrogen) atoms. The lowest BCUT2D eigenvalue weighted by atomic mass is 10.0. The number of aliphatic hydroxyl groups is 1. The molecule has 2 atom stereocenters. The average Bonchev–Trinajstić information content (AvgIpc) is 2.96. The van der Waals surface area contributed by atoms with Gasteiger partial charge in [-0.3, -0.25) is 4.79 Å². The minimum Gasteiger partial charge on any atom is -0.490 e. The van der Waals surface area contributed by atoms with E-state index in [1.54, 1.807) is 13.0 Å². The topological polar surface area (TPSA) is 49.8 Å². The van der Waals surface area contributed by atoms with Crippen LogP contribution < -0.4 is 4.74 Å². The minimum atomic E-state index is -0.364. The van der Waals surface area contributed by atoms with Gasteiger partial charge in [0.1, 0.15) is 12.4 Å². The second kappa shape index (κ2) is 7.45. The summed E-state index contributed by atoms with van der Waals surface area (Å²) in [6.07, 6.45) is 2.50. The van der Waals surface area contributed by atoms with Crippen molar-refractivity contribution in [1.29, 1.82) is 0 Å². The van der Waals surface area contributed by atoms with Crippen molar-refractivity contribution in [3.63, 3.8) is 0 Å². The highest BCUT2D eigenvalue weighted by Gasteiger charge is 2.29. The molecule has 2 rings (SSSR count). The van der Waals surface area contributed by atoms with E-state index in [1.807, 2.05) is 43.0 Å². The Balaban J connectivity index is 2.00. The Morgan fingerprint density at radius 1 is 1.50 bits per heavy atom. The zero-order valence-corrected chi connectivity index (χ0v) is 13.6. The van der Waals surface area contributed by atoms with Crippen LogP contribution in [-0.2, 0) is 0 Å². The zero-order valence-electron chi connectivity index (χ0n) is 13.6. The van der Waals surface area contributed by atoms with E-state index in [4.69, 9.17) is 4.74 Å². The Bertz CT molecular complexity index is 547. The predicted octanol–water partition coefficient (Wildman–Crippen LogP) is 2.87. The number of aliphatic hydroxyl groups excluding tert-OH is 1. The van der Waals surface area contributed by atoms with Gasteiger partial charge in [0, 0.05) is 24.6 Å². The van der Waals surface area contributed by atoms with Crippen LogP contribution in [0.5, 0.6) is 5.75 Å². The predicted molar refractivity (Wildman–Crippen MR) is 87.1 cm³/mol. The molecule has 0 bridgehead atoms. The van der Waals surface area contributed by atoms with Crippen LogP contribution in [0.4, 0.5) is 0 Å². The molecule has 0 aromatic heterocycles. The van der Waals surface area contributed by atoms with Gasteiger partial charge < -0.3 is 14.7 Å². The Morgan fingerprint density at radius 3 is 2.91 bits per heavy atom. The third-order valence-electron chi connectivity index (χ3n) is 4.02. The summed E-state index contributed by atoms with van der Waals surface area (Å²) in [5.41, 5.74) is 1.84. The molecule has 0 spiro atoms. The largest absolute Gasteiger partial charge is 0.490 e. The van der Waals surface area contributed by atoms with E-state index in [9.17, 15) is 9.90 Å². The van der Waals surface area contributed by atoms with Crippen LogP contribution in [0.1, 0.15) is 37.6 Å². The first-order valence-electron chi connectivity index (χ1n) is 7.81. The fourth-order valence-corrected chi connectivity index (χ4v) is 2.57. The summed E-state index contributed by atoms with van der Waals surface area (Å²) in [5.74, 6) is 0.895. The van der Waals surface area contributed by atoms with Crippen LogP contribution in [0.15, 0.2) is 35.9 Å². The standard InChI is InChI=1S/C18H25NO3/c1-13(2)8-10-22-17-6-4-5-15(11-17)18(21)19-9-7-16(12-19)14(3)20/h4-6,8,11,14,16,20H,7,9-10,12H2,1-3H3. The molecule has 0 aliphatic carbocycles. The van der Waals surface area contributed by atoms with Crippen LogP contribution in [0.2, 0.25) is 0 Å². The maximum absolute atomic E-state index is 12.5. The smallest absolute Gasteiger partial charge is 0.253 e. The summed E-state index contributed by atoms with van der Waals surface area (Å²) in [6.45, 7) is 7.67. The van der Waals surface area contributed by atoms with E-state index >= 15 is 0 Å². The molecule has 2 unspecified atom stereocenters. The molecule has 1 saturated heterocycles. The number of hydrogen-bond acceptors (Lipinski definition) is 3. The maximum atomic E-state index is 12.5. The lowest BCUT2D eigenvalue weighted by molar-refractivity contribution is 0.0762. The summed E-state index contributed by atoms with van der Waals surface area (Å²) in [5, 5.41) is 9.64. The first-order chi connectivity index (χ1) is 10.5. The fraction of sp³-hybridized carbons (Fsp3) is 0.500. The molecule has 1 aromatic carbocycles. The highest BCUT2D eigenvalue weighted by atomic mass is 16.5. The Morgan fingerprint density at radius 2 is 2.27 bits per heavy atom. The van der Waals surface area contributed by atoms with Gasteiger partial charge in [-0.15, -0.1) is 0 Å². The van der Waals surface area contributed by atoms with Crippen molar-refractivity contribution in [1.82, 2.24) is 4.90 Å². The van der Waals surface area contributed by atoms with Gasteiger partial charge in [-0.25, -0.2) is 0 Å². The van der Waals surface area contributed by atoms with Gasteiger partial charge in [0.15, 0.2) is 0 Å². The number of hydrogen-bond donors (Lipinski definition) is 1. The monoisotopic (exact) mass is 303 g/mol. The summed E-state index contributed by atoms with van der Waals surface area (Å²) >= 11 is 0. The number of carbonyl (C=O) groups is 1. The van der Waals surface area contributed by atoms with Gasteiger partial charge >= 0.3 is 0 Å². The highest BCUT2D eigenvalue weighted by molar-refractivity contribution is 5.94. The number of amides is 1. The van der Waals surface area contributed by atoms with E-state index < -0.39 is 0 Å². The zero-order chi connectivity index (χ0) is 16.1. The van der Waals surface area contributed by atoms with Gasteiger partial charge in [-0.05, 0) is 51.5 Å². The molecule has 1 fully saturated rings. The van der Waals surface area contributed by atoms with Crippen molar-refractivity contribution in [2.45, 2.75) is 33.3 Å². The third-order valence-corrected chi connectivity index (χ3v) is 4.02. The second-order valence-electron chi connectivity index (χ2n) is 6.16. The van der Waals surface area contributed by atoms with Crippen LogP contribution in [0.3, 0.4) is 0 Å². The lowest BCUT2D eigenvalue weighted by Crippen LogP contribution is -2.30. The number of rotatable bonds is 5. The van der Waals surface area contributed by atoms with E-state index in [2.05, 4.69) is 0 Å². The van der Waals surface area contributed by atoms with E-state index in [1.165, 1.54) is 5.57 Å². The van der Waals surface area contributed by atoms with Crippen LogP contribution in [-0.4, -0.2) is 41.7 Å². The number of carbonyl (C=O) groups excluding carboxylic acids is 1. The minimum absolute atomic E-state index is 0.0100. The third kappa shape index (κ3) is 4.34. The van der Waals surface area contributed by atoms with E-state index in [0.717, 1.165) is 6.42 Å². The quantitative estimate of drug-likeness (QED) is 0.851. The number of nitrogens with zero attached hydrogens (tertiary/aromatic N) is 1. The molecular formula is C18H25NO3. The molecular weight excluding hydrogens is 278 g/mol. The summed E-state index contributed by atoms with van der Waals surface area (Å²) < 4.78 is 5.64. The highest BCUT2D eigenvalue weighted by Crippen LogP contribution is 2.23. The summed E-state index contributed by atoms with van der Waals surface area (Å²) in [6, 6.07) is 7.30. The van der Waals surface area contributed by atoms with Crippen molar-refractivity contribution in [3.05, 3.63) is 41.5 Å². The molecule has 1 N–H and O–H groups in total. The molecule has 4 nitrogen and oxygen atoms in total. The first-order valence-corrected chi connectivity index (χ1v) is 7.81. The molecule has 0 radical (unpaired) electrons. The van der Waals surface area contributed by atoms with E-state index in [0.29, 0.717) is 31.0 Å². The van der Waals surface area contributed by atoms with Crippen molar-refractivity contribution in [2.75, 3.05) is 19.7 Å². The summed E-state index contributed by atoms with van der Waals surface area (Å²) in [7, 11) is 0. The number of benzene rings is 1. The SMILES string of the molecule is CC(C)=CCOc1cccc(C(=O)N2CCC(C(C)O)C2)c1. The Kier molecular flexibility index (Phi) is 5.61. The van der Waals surface area contributed by atoms with Gasteiger partial charge in [0.2, 0.25) is 0 Å². The van der Waals surface area contributed by atoms with Crippen molar-refractivity contribution in [3.8, 4) is 5.75 Å². The molecule has 4 heteroatoms. The summed E-state index contributed by atoms with van der Waals surface area (Å²) in [4.78, 5) is 14.3. The number of allylic oxidation sites excluding steroid dienone is 1. The Labute approximate surface area is 132 Å². The second-order valence-corrected chi connectivity index (χ2v) is 6.16. The number of likely N-dealkylation sites (tertiary alicyclic amines) is 1. The number of ether oxygens (including phenoxy) is 1. The van der Waals surface area contributed by atoms with Gasteiger partial charge in [0.05, 0.1) is 6.10 Å². The lowest BCUT2D eigenvalue weighted by Gasteiger charge is -2.18. The normalized spacial score (nSPS) is 18.9. The molecule has 1 aliphatic heterocycles. The maximum Gasteiger partial charge on any atom is 0.253 e. The van der Waals surface area contributed by atoms with Crippen molar-refractivity contribution >= 4 is 5.91 Å². The van der Waals surface area contributed by atoms with Gasteiger partial charge in [0.25, 0.3) is 5.91 Å². The van der Waals surface area contributed by atoms with Gasteiger partial charge in [-0.2, -0.15) is 0 Å². The molecule has 1 aromatic rings. The fourth-order valence-electron chi connectivity index (χ4n) is 2.57. The van der Waals surface area contributed by atoms with Crippen LogP contribution in [0, 0.1) is 5.92 Å². The van der Waals surface area contributed by atoms with Crippen LogP contribution in [0.25, 0.3) is 0 Å². The van der Waals surface area contributed by atoms with Gasteiger partial charge in [-0.1, -0.05) is 11.6 Å². The molecule has 0 saturated carbocycles. The molecule has 120 valence electrons. The molecule has 1 amide bonds. The molecule has 1 heterocycles. The average molecular weight is 303 g/mol. The Hall–Kier alpha value is -1.81. The van der Waals surface area contributed by atoms with Crippen molar-refractivity contribution in [2.24, 2.45) is 5.92 Å². The van der Waals surface area contributed by atoms with Crippen molar-refractivity contribution < 1.29 is 14.6 Å².